The number of rotatable bonds is 8. The average molecular weight is 404 g/mol. The topological polar surface area (TPSA) is 87.7 Å². The second-order valence-electron chi connectivity index (χ2n) is 8.16. The third kappa shape index (κ3) is 7.95. The molecule has 0 bridgehead atoms. The second-order valence-corrected chi connectivity index (χ2v) is 9.99. The average Bonchev–Trinajstić information content (AvgIpc) is 2.60. The summed E-state index contributed by atoms with van der Waals surface area (Å²) in [6, 6.07) is 0.587. The van der Waals surface area contributed by atoms with Gasteiger partial charge in [0.15, 0.2) is 0 Å². The Kier molecular flexibility index (Phi) is 8.82. The van der Waals surface area contributed by atoms with Crippen LogP contribution in [0.25, 0.3) is 0 Å². The number of hydrogen-bond acceptors (Lipinski definition) is 5. The van der Waals surface area contributed by atoms with E-state index in [2.05, 4.69) is 28.8 Å². The lowest BCUT2D eigenvalue weighted by Gasteiger charge is -2.40. The van der Waals surface area contributed by atoms with Gasteiger partial charge in [0.25, 0.3) is 0 Å². The van der Waals surface area contributed by atoms with Gasteiger partial charge < -0.3 is 10.1 Å². The number of nitrogens with zero attached hydrogens (tertiary/aromatic N) is 1. The fourth-order valence-corrected chi connectivity index (χ4v) is 4.87. The Labute approximate surface area is 164 Å². The highest BCUT2D eigenvalue weighted by Gasteiger charge is 2.32. The zero-order valence-electron chi connectivity index (χ0n) is 17.1. The first-order chi connectivity index (χ1) is 12.8. The molecule has 0 aliphatic heterocycles. The fourth-order valence-electron chi connectivity index (χ4n) is 4.41. The van der Waals surface area contributed by atoms with Gasteiger partial charge in [0.1, 0.15) is 6.10 Å². The lowest BCUT2D eigenvalue weighted by Crippen LogP contribution is -2.49. The van der Waals surface area contributed by atoms with E-state index < -0.39 is 10.0 Å². The molecule has 3 atom stereocenters. The largest absolute Gasteiger partial charge is 0.446 e. The van der Waals surface area contributed by atoms with Gasteiger partial charge in [-0.2, -0.15) is 0 Å². The van der Waals surface area contributed by atoms with Crippen LogP contribution in [0.1, 0.15) is 65.2 Å². The fraction of sp³-hybridized carbons (Fsp3) is 0.947. The number of carbonyl (C=O) groups is 1. The summed E-state index contributed by atoms with van der Waals surface area (Å²) in [5, 5.41) is 3.09. The highest BCUT2D eigenvalue weighted by molar-refractivity contribution is 7.88. The standard InChI is InChI=1S/C19H37N3O4S/c1-4-22(13-12-20-27(3,24)25)16-10-11-18(15(2)14-16)21-19(23)26-17-8-6-5-7-9-17/h15-18,20H,4-14H2,1-3H3,(H,21,23). The molecule has 2 rings (SSSR count). The third-order valence-corrected chi connectivity index (χ3v) is 6.69. The van der Waals surface area contributed by atoms with Gasteiger partial charge >= 0.3 is 6.09 Å². The lowest BCUT2D eigenvalue weighted by molar-refractivity contribution is 0.0641. The van der Waals surface area contributed by atoms with E-state index in [1.165, 1.54) is 12.7 Å². The molecule has 158 valence electrons. The summed E-state index contributed by atoms with van der Waals surface area (Å²) >= 11 is 0. The van der Waals surface area contributed by atoms with Crippen LogP contribution in [0.3, 0.4) is 0 Å². The number of sulfonamides is 1. The summed E-state index contributed by atoms with van der Waals surface area (Å²) in [4.78, 5) is 14.6. The van der Waals surface area contributed by atoms with Crippen molar-refractivity contribution in [3.05, 3.63) is 0 Å². The minimum atomic E-state index is -3.14. The van der Waals surface area contributed by atoms with Crippen molar-refractivity contribution in [1.82, 2.24) is 14.9 Å². The molecule has 0 heterocycles. The summed E-state index contributed by atoms with van der Waals surface area (Å²) in [6.07, 6.45) is 9.48. The van der Waals surface area contributed by atoms with E-state index >= 15 is 0 Å². The predicted molar refractivity (Wildman–Crippen MR) is 107 cm³/mol. The number of hydrogen-bond donors (Lipinski definition) is 2. The van der Waals surface area contributed by atoms with Crippen molar-refractivity contribution in [2.45, 2.75) is 83.4 Å². The molecule has 0 aromatic heterocycles. The molecule has 1 amide bonds. The van der Waals surface area contributed by atoms with Gasteiger partial charge in [0.05, 0.1) is 6.26 Å². The molecule has 0 aromatic rings. The van der Waals surface area contributed by atoms with Gasteiger partial charge in [0.2, 0.25) is 10.0 Å². The summed E-state index contributed by atoms with van der Waals surface area (Å²) in [7, 11) is -3.14. The molecule has 0 saturated heterocycles. The summed E-state index contributed by atoms with van der Waals surface area (Å²) in [6.45, 7) is 6.33. The van der Waals surface area contributed by atoms with E-state index in [9.17, 15) is 13.2 Å². The molecular weight excluding hydrogens is 366 g/mol. The van der Waals surface area contributed by atoms with Crippen LogP contribution in [0.2, 0.25) is 0 Å². The van der Waals surface area contributed by atoms with Crippen LogP contribution in [-0.4, -0.2) is 63.5 Å². The maximum Gasteiger partial charge on any atom is 0.407 e. The van der Waals surface area contributed by atoms with Crippen molar-refractivity contribution >= 4 is 16.1 Å². The first-order valence-corrected chi connectivity index (χ1v) is 12.3. The molecule has 8 heteroatoms. The quantitative estimate of drug-likeness (QED) is 0.650. The first-order valence-electron chi connectivity index (χ1n) is 10.4. The Balaban J connectivity index is 1.75. The van der Waals surface area contributed by atoms with Gasteiger partial charge in [-0.15, -0.1) is 0 Å². The van der Waals surface area contributed by atoms with Gasteiger partial charge in [-0.1, -0.05) is 20.3 Å². The normalized spacial score (nSPS) is 27.5. The van der Waals surface area contributed by atoms with Gasteiger partial charge in [-0.25, -0.2) is 17.9 Å². The SMILES string of the molecule is CCN(CCNS(C)(=O)=O)C1CCC(NC(=O)OC2CCCCC2)C(C)C1. The number of ether oxygens (including phenoxy) is 1. The number of nitrogens with one attached hydrogen (secondary N) is 2. The number of likely N-dealkylation sites (N-methyl/N-ethyl adjacent to an activating group) is 1. The monoisotopic (exact) mass is 403 g/mol. The van der Waals surface area contributed by atoms with Crippen LogP contribution in [0.5, 0.6) is 0 Å². The van der Waals surface area contributed by atoms with Crippen molar-refractivity contribution in [3.63, 3.8) is 0 Å². The Morgan fingerprint density at radius 2 is 1.85 bits per heavy atom. The highest BCUT2D eigenvalue weighted by Crippen LogP contribution is 2.28. The van der Waals surface area contributed by atoms with Crippen molar-refractivity contribution in [2.24, 2.45) is 5.92 Å². The van der Waals surface area contributed by atoms with Crippen LogP contribution in [-0.2, 0) is 14.8 Å². The lowest BCUT2D eigenvalue weighted by atomic mass is 9.82. The maximum absolute atomic E-state index is 12.2. The molecule has 2 aliphatic rings. The Bertz CT molecular complexity index is 563. The zero-order chi connectivity index (χ0) is 19.9. The Hall–Kier alpha value is -0.860. The molecule has 2 aliphatic carbocycles. The zero-order valence-corrected chi connectivity index (χ0v) is 17.9. The van der Waals surface area contributed by atoms with Gasteiger partial charge in [-0.05, 0) is 57.4 Å². The van der Waals surface area contributed by atoms with Crippen LogP contribution in [0, 0.1) is 5.92 Å². The van der Waals surface area contributed by atoms with Crippen LogP contribution >= 0.6 is 0 Å². The first kappa shape index (κ1) is 22.4. The van der Waals surface area contributed by atoms with E-state index in [1.807, 2.05) is 0 Å². The summed E-state index contributed by atoms with van der Waals surface area (Å²) in [5.41, 5.74) is 0. The molecule has 27 heavy (non-hydrogen) atoms. The van der Waals surface area contributed by atoms with Crippen molar-refractivity contribution in [1.29, 1.82) is 0 Å². The second kappa shape index (κ2) is 10.6. The van der Waals surface area contributed by atoms with E-state index in [0.29, 0.717) is 25.0 Å². The van der Waals surface area contributed by atoms with E-state index in [0.717, 1.165) is 51.5 Å². The molecule has 0 aromatic carbocycles. The van der Waals surface area contributed by atoms with Crippen LogP contribution in [0.4, 0.5) is 4.79 Å². The molecule has 0 spiro atoms. The third-order valence-electron chi connectivity index (χ3n) is 5.96. The molecule has 7 nitrogen and oxygen atoms in total. The summed E-state index contributed by atoms with van der Waals surface area (Å²) in [5.74, 6) is 0.375. The van der Waals surface area contributed by atoms with Crippen LogP contribution < -0.4 is 10.0 Å². The maximum atomic E-state index is 12.2. The minimum Gasteiger partial charge on any atom is -0.446 e. The van der Waals surface area contributed by atoms with Crippen molar-refractivity contribution < 1.29 is 17.9 Å². The van der Waals surface area contributed by atoms with Crippen molar-refractivity contribution in [2.75, 3.05) is 25.9 Å². The molecule has 2 N–H and O–H groups in total. The number of alkyl carbamates (subject to hydrolysis) is 1. The van der Waals surface area contributed by atoms with E-state index in [-0.39, 0.29) is 18.2 Å². The summed E-state index contributed by atoms with van der Waals surface area (Å²) < 4.78 is 30.6. The molecule has 2 saturated carbocycles. The molecular formula is C19H37N3O4S. The minimum absolute atomic E-state index is 0.0864. The van der Waals surface area contributed by atoms with Gasteiger partial charge in [-0.3, -0.25) is 4.90 Å². The smallest absolute Gasteiger partial charge is 0.407 e. The molecule has 0 radical (unpaired) electrons. The predicted octanol–water partition coefficient (Wildman–Crippen LogP) is 2.47. The molecule has 3 unspecified atom stereocenters. The van der Waals surface area contributed by atoms with E-state index in [4.69, 9.17) is 4.74 Å². The number of amides is 1. The Morgan fingerprint density at radius 1 is 1.15 bits per heavy atom. The Morgan fingerprint density at radius 3 is 2.44 bits per heavy atom. The van der Waals surface area contributed by atoms with E-state index in [1.54, 1.807) is 0 Å². The van der Waals surface area contributed by atoms with Crippen LogP contribution in [0.15, 0.2) is 0 Å². The van der Waals surface area contributed by atoms with Crippen molar-refractivity contribution in [3.8, 4) is 0 Å². The molecule has 2 fully saturated rings. The highest BCUT2D eigenvalue weighted by atomic mass is 32.2. The van der Waals surface area contributed by atoms with Gasteiger partial charge in [0, 0.05) is 25.2 Å². The number of carbonyl (C=O) groups excluding carboxylic acids is 1.